The minimum atomic E-state index is -4.72. The first kappa shape index (κ1) is 11.5. The van der Waals surface area contributed by atoms with E-state index in [1.165, 1.54) is 0 Å². The van der Waals surface area contributed by atoms with Crippen LogP contribution in [0.4, 0.5) is 13.2 Å². The highest BCUT2D eigenvalue weighted by atomic mass is 19.4. The molecule has 0 aliphatic heterocycles. The maximum absolute atomic E-state index is 11.9. The molecule has 7 heteroatoms. The maximum atomic E-state index is 11.9. The minimum absolute atomic E-state index is 0.421. The molecule has 0 saturated heterocycles. The number of aliphatic hydroxyl groups is 1. The normalized spacial score (nSPS) is 16.8. The van der Waals surface area contributed by atoms with E-state index in [0.717, 1.165) is 0 Å². The van der Waals surface area contributed by atoms with E-state index in [0.29, 0.717) is 6.08 Å². The van der Waals surface area contributed by atoms with Crippen LogP contribution in [0.15, 0.2) is 12.7 Å². The Morgan fingerprint density at radius 1 is 1.33 bits per heavy atom. The quantitative estimate of drug-likeness (QED) is 0.417. The molecule has 0 aliphatic rings. The second-order valence-electron chi connectivity index (χ2n) is 2.21. The van der Waals surface area contributed by atoms with Crippen LogP contribution in [0.5, 0.6) is 0 Å². The van der Waals surface area contributed by atoms with Crippen molar-refractivity contribution in [3.63, 3.8) is 0 Å². The molecule has 0 heterocycles. The molecule has 2 unspecified atom stereocenters. The highest BCUT2D eigenvalue weighted by Crippen LogP contribution is 2.29. The summed E-state index contributed by atoms with van der Waals surface area (Å²) in [5, 5.41) is 25.1. The summed E-state index contributed by atoms with van der Waals surface area (Å²) in [6, 6.07) is -2.29. The van der Waals surface area contributed by atoms with E-state index >= 15 is 0 Å². The molecule has 0 aromatic rings. The first-order valence-corrected chi connectivity index (χ1v) is 3.04. The molecule has 0 aliphatic carbocycles. The van der Waals surface area contributed by atoms with Crippen molar-refractivity contribution >= 4 is 7.12 Å². The summed E-state index contributed by atoms with van der Waals surface area (Å²) in [5.74, 6) is -2.32. The van der Waals surface area contributed by atoms with E-state index in [2.05, 4.69) is 6.58 Å². The summed E-state index contributed by atoms with van der Waals surface area (Å²) in [4.78, 5) is 0. The third-order valence-corrected chi connectivity index (χ3v) is 1.31. The van der Waals surface area contributed by atoms with Crippen LogP contribution >= 0.6 is 0 Å². The molecule has 0 fully saturated rings. The molecule has 0 bridgehead atoms. The molecule has 0 radical (unpaired) electrons. The number of rotatable bonds is 3. The molecule has 0 aromatic carbocycles. The predicted octanol–water partition coefficient (Wildman–Crippen LogP) is -0.276. The van der Waals surface area contributed by atoms with Crippen LogP contribution in [0.3, 0.4) is 0 Å². The van der Waals surface area contributed by atoms with Crippen molar-refractivity contribution in [3.8, 4) is 0 Å². The highest BCUT2D eigenvalue weighted by Gasteiger charge is 2.46. The summed E-state index contributed by atoms with van der Waals surface area (Å²) in [6.45, 7) is 2.83. The number of hydrogen-bond donors (Lipinski definition) is 3. The molecule has 0 rings (SSSR count). The topological polar surface area (TPSA) is 60.7 Å². The van der Waals surface area contributed by atoms with Gasteiger partial charge >= 0.3 is 13.3 Å². The van der Waals surface area contributed by atoms with Gasteiger partial charge in [-0.25, -0.2) is 0 Å². The Balaban J connectivity index is 4.45. The number of aliphatic hydroxyl groups excluding tert-OH is 1. The second-order valence-corrected chi connectivity index (χ2v) is 2.21. The van der Waals surface area contributed by atoms with Crippen molar-refractivity contribution in [2.75, 3.05) is 0 Å². The van der Waals surface area contributed by atoms with Crippen LogP contribution < -0.4 is 0 Å². The van der Waals surface area contributed by atoms with Crippen LogP contribution in [-0.4, -0.2) is 34.5 Å². The van der Waals surface area contributed by atoms with Gasteiger partial charge in [0.1, 0.15) is 6.00 Å². The van der Waals surface area contributed by atoms with E-state index < -0.39 is 25.2 Å². The summed E-state index contributed by atoms with van der Waals surface area (Å²) >= 11 is 0. The van der Waals surface area contributed by atoms with Gasteiger partial charge in [-0.2, -0.15) is 13.2 Å². The van der Waals surface area contributed by atoms with Gasteiger partial charge in [-0.15, -0.1) is 6.58 Å². The van der Waals surface area contributed by atoms with Crippen molar-refractivity contribution in [3.05, 3.63) is 12.7 Å². The maximum Gasteiger partial charge on any atom is 0.483 e. The minimum Gasteiger partial charge on any atom is -0.425 e. The lowest BCUT2D eigenvalue weighted by Gasteiger charge is -2.21. The Bertz CT molecular complexity index is 159. The molecule has 12 heavy (non-hydrogen) atoms. The zero-order chi connectivity index (χ0) is 9.94. The summed E-state index contributed by atoms with van der Waals surface area (Å²) in [7, 11) is -2.42. The number of alkyl halides is 3. The first-order valence-electron chi connectivity index (χ1n) is 3.04. The van der Waals surface area contributed by atoms with Crippen LogP contribution in [0.25, 0.3) is 0 Å². The standard InChI is InChI=1S/C5H8BF3O3/c1-2-3(5(7,8)9)4(10)6(11)12/h2-4,10-12H,1H2. The lowest BCUT2D eigenvalue weighted by molar-refractivity contribution is -0.177. The fourth-order valence-corrected chi connectivity index (χ4v) is 0.652. The van der Waals surface area contributed by atoms with E-state index in [9.17, 15) is 13.2 Å². The van der Waals surface area contributed by atoms with Crippen LogP contribution in [0, 0.1) is 5.92 Å². The predicted molar refractivity (Wildman–Crippen MR) is 35.9 cm³/mol. The molecule has 0 aromatic heterocycles. The fraction of sp³-hybridized carbons (Fsp3) is 0.600. The molecule has 70 valence electrons. The zero-order valence-electron chi connectivity index (χ0n) is 5.99. The molecule has 0 spiro atoms. The average Bonchev–Trinajstić information content (AvgIpc) is 1.85. The third kappa shape index (κ3) is 2.84. The first-order chi connectivity index (χ1) is 5.30. The fourth-order valence-electron chi connectivity index (χ4n) is 0.652. The molecule has 3 nitrogen and oxygen atoms in total. The van der Waals surface area contributed by atoms with Gasteiger partial charge in [0, 0.05) is 0 Å². The Labute approximate surface area is 67.3 Å². The Morgan fingerprint density at radius 3 is 1.83 bits per heavy atom. The SMILES string of the molecule is C=CC(C(O)B(O)O)C(F)(F)F. The van der Waals surface area contributed by atoms with Gasteiger partial charge in [0.2, 0.25) is 0 Å². The van der Waals surface area contributed by atoms with Crippen LogP contribution in [0.1, 0.15) is 0 Å². The molecule has 0 amide bonds. The van der Waals surface area contributed by atoms with Crippen LogP contribution in [0.2, 0.25) is 0 Å². The van der Waals surface area contributed by atoms with E-state index in [4.69, 9.17) is 15.2 Å². The lowest BCUT2D eigenvalue weighted by atomic mass is 9.74. The summed E-state index contributed by atoms with van der Waals surface area (Å²) < 4.78 is 35.6. The zero-order valence-corrected chi connectivity index (χ0v) is 5.99. The van der Waals surface area contributed by atoms with Crippen molar-refractivity contribution in [2.24, 2.45) is 5.92 Å². The summed E-state index contributed by atoms with van der Waals surface area (Å²) in [5.41, 5.74) is 0. The Kier molecular flexibility index (Phi) is 3.76. The van der Waals surface area contributed by atoms with Gasteiger partial charge in [0.05, 0.1) is 5.92 Å². The Morgan fingerprint density at radius 2 is 1.75 bits per heavy atom. The monoisotopic (exact) mass is 184 g/mol. The van der Waals surface area contributed by atoms with Crippen molar-refractivity contribution in [1.29, 1.82) is 0 Å². The molecule has 3 N–H and O–H groups in total. The molecule has 0 saturated carbocycles. The van der Waals surface area contributed by atoms with Gasteiger partial charge in [-0.1, -0.05) is 6.08 Å². The highest BCUT2D eigenvalue weighted by molar-refractivity contribution is 6.42. The van der Waals surface area contributed by atoms with Gasteiger partial charge in [-0.3, -0.25) is 0 Å². The smallest absolute Gasteiger partial charge is 0.425 e. The van der Waals surface area contributed by atoms with Gasteiger partial charge < -0.3 is 15.2 Å². The van der Waals surface area contributed by atoms with E-state index in [1.54, 1.807) is 0 Å². The summed E-state index contributed by atoms with van der Waals surface area (Å²) in [6.07, 6.45) is -4.30. The van der Waals surface area contributed by atoms with Crippen molar-refractivity contribution in [1.82, 2.24) is 0 Å². The molecular formula is C5H8BF3O3. The van der Waals surface area contributed by atoms with E-state index in [-0.39, 0.29) is 0 Å². The van der Waals surface area contributed by atoms with Gasteiger partial charge in [0.25, 0.3) is 0 Å². The van der Waals surface area contributed by atoms with Crippen molar-refractivity contribution in [2.45, 2.75) is 12.2 Å². The van der Waals surface area contributed by atoms with Gasteiger partial charge in [-0.05, 0) is 0 Å². The lowest BCUT2D eigenvalue weighted by Crippen LogP contribution is -2.43. The molecule has 2 atom stereocenters. The second kappa shape index (κ2) is 3.93. The molecular weight excluding hydrogens is 176 g/mol. The average molecular weight is 184 g/mol. The third-order valence-electron chi connectivity index (χ3n) is 1.31. The largest absolute Gasteiger partial charge is 0.483 e. The number of hydrogen-bond acceptors (Lipinski definition) is 3. The van der Waals surface area contributed by atoms with E-state index in [1.807, 2.05) is 0 Å². The van der Waals surface area contributed by atoms with Crippen LogP contribution in [-0.2, 0) is 0 Å². The van der Waals surface area contributed by atoms with Gasteiger partial charge in [0.15, 0.2) is 0 Å². The number of halogens is 3. The Hall–Kier alpha value is -0.525. The van der Waals surface area contributed by atoms with Crippen molar-refractivity contribution < 1.29 is 28.3 Å².